The molecule has 2 rings (SSSR count). The van der Waals surface area contributed by atoms with Crippen molar-refractivity contribution in [1.82, 2.24) is 9.97 Å². The summed E-state index contributed by atoms with van der Waals surface area (Å²) in [5.41, 5.74) is 7.04. The fraction of sp³-hybridized carbons (Fsp3) is 0.714. The molecular formula is C14H24N4. The first kappa shape index (κ1) is 13.3. The van der Waals surface area contributed by atoms with E-state index in [0.29, 0.717) is 12.0 Å². The van der Waals surface area contributed by atoms with Gasteiger partial charge in [-0.15, -0.1) is 0 Å². The van der Waals surface area contributed by atoms with Crippen LogP contribution >= 0.6 is 0 Å². The molecule has 0 unspecified atom stereocenters. The van der Waals surface area contributed by atoms with Crippen molar-refractivity contribution in [3.05, 3.63) is 18.1 Å². The van der Waals surface area contributed by atoms with Crippen LogP contribution in [-0.4, -0.2) is 23.1 Å². The van der Waals surface area contributed by atoms with Gasteiger partial charge in [0.05, 0.1) is 5.69 Å². The Hall–Kier alpha value is -1.16. The van der Waals surface area contributed by atoms with Gasteiger partial charge < -0.3 is 10.6 Å². The van der Waals surface area contributed by atoms with E-state index in [9.17, 15) is 0 Å². The number of rotatable bonds is 2. The van der Waals surface area contributed by atoms with Crippen molar-refractivity contribution < 1.29 is 0 Å². The van der Waals surface area contributed by atoms with E-state index in [1.54, 1.807) is 12.4 Å². The number of nitrogens with zero attached hydrogens (tertiary/aromatic N) is 3. The van der Waals surface area contributed by atoms with E-state index < -0.39 is 0 Å². The summed E-state index contributed by atoms with van der Waals surface area (Å²) in [6.45, 7) is 9.59. The SMILES string of the molecule is CC(C)(C)C1CCN(c2nccnc2CN)CC1. The molecule has 18 heavy (non-hydrogen) atoms. The maximum Gasteiger partial charge on any atom is 0.151 e. The molecule has 2 heterocycles. The van der Waals surface area contributed by atoms with Crippen LogP contribution in [0.2, 0.25) is 0 Å². The zero-order valence-corrected chi connectivity index (χ0v) is 11.7. The lowest BCUT2D eigenvalue weighted by Gasteiger charge is -2.39. The van der Waals surface area contributed by atoms with Gasteiger partial charge in [0.25, 0.3) is 0 Å². The number of hydrogen-bond acceptors (Lipinski definition) is 4. The molecule has 0 aliphatic carbocycles. The van der Waals surface area contributed by atoms with Gasteiger partial charge >= 0.3 is 0 Å². The summed E-state index contributed by atoms with van der Waals surface area (Å²) < 4.78 is 0. The van der Waals surface area contributed by atoms with Crippen LogP contribution in [0.25, 0.3) is 0 Å². The summed E-state index contributed by atoms with van der Waals surface area (Å²) in [5, 5.41) is 0. The van der Waals surface area contributed by atoms with E-state index >= 15 is 0 Å². The summed E-state index contributed by atoms with van der Waals surface area (Å²) in [7, 11) is 0. The Kier molecular flexibility index (Phi) is 3.85. The largest absolute Gasteiger partial charge is 0.355 e. The van der Waals surface area contributed by atoms with Crippen molar-refractivity contribution in [1.29, 1.82) is 0 Å². The smallest absolute Gasteiger partial charge is 0.151 e. The van der Waals surface area contributed by atoms with Crippen molar-refractivity contribution in [2.24, 2.45) is 17.1 Å². The van der Waals surface area contributed by atoms with Gasteiger partial charge in [-0.25, -0.2) is 4.98 Å². The van der Waals surface area contributed by atoms with E-state index in [4.69, 9.17) is 5.73 Å². The summed E-state index contributed by atoms with van der Waals surface area (Å²) >= 11 is 0. The van der Waals surface area contributed by atoms with Crippen LogP contribution in [0.1, 0.15) is 39.3 Å². The van der Waals surface area contributed by atoms with Crippen LogP contribution in [0.15, 0.2) is 12.4 Å². The molecule has 0 amide bonds. The number of hydrogen-bond donors (Lipinski definition) is 1. The Bertz CT molecular complexity index is 389. The Morgan fingerprint density at radius 2 is 1.83 bits per heavy atom. The van der Waals surface area contributed by atoms with E-state index in [1.807, 2.05) is 0 Å². The minimum absolute atomic E-state index is 0.408. The molecule has 1 fully saturated rings. The Morgan fingerprint density at radius 1 is 1.22 bits per heavy atom. The van der Waals surface area contributed by atoms with Crippen LogP contribution in [0.3, 0.4) is 0 Å². The van der Waals surface area contributed by atoms with Gasteiger partial charge in [-0.1, -0.05) is 20.8 Å². The molecule has 0 aromatic carbocycles. The van der Waals surface area contributed by atoms with E-state index in [1.165, 1.54) is 12.8 Å². The van der Waals surface area contributed by atoms with Gasteiger partial charge in [0.2, 0.25) is 0 Å². The highest BCUT2D eigenvalue weighted by Gasteiger charge is 2.29. The average Bonchev–Trinajstić information content (AvgIpc) is 2.38. The van der Waals surface area contributed by atoms with Crippen molar-refractivity contribution in [2.45, 2.75) is 40.2 Å². The minimum Gasteiger partial charge on any atom is -0.355 e. The molecule has 4 nitrogen and oxygen atoms in total. The summed E-state index contributed by atoms with van der Waals surface area (Å²) in [4.78, 5) is 11.1. The molecule has 0 saturated carbocycles. The van der Waals surface area contributed by atoms with Gasteiger partial charge in [0, 0.05) is 32.0 Å². The lowest BCUT2D eigenvalue weighted by molar-refractivity contribution is 0.198. The number of nitrogens with two attached hydrogens (primary N) is 1. The molecule has 0 spiro atoms. The molecule has 1 aromatic rings. The van der Waals surface area contributed by atoms with Gasteiger partial charge in [0.1, 0.15) is 0 Å². The van der Waals surface area contributed by atoms with Crippen LogP contribution < -0.4 is 10.6 Å². The van der Waals surface area contributed by atoms with Gasteiger partial charge in [0.15, 0.2) is 5.82 Å². The minimum atomic E-state index is 0.408. The van der Waals surface area contributed by atoms with E-state index in [-0.39, 0.29) is 0 Å². The van der Waals surface area contributed by atoms with Crippen molar-refractivity contribution in [3.8, 4) is 0 Å². The number of anilines is 1. The first-order chi connectivity index (χ1) is 8.52. The van der Waals surface area contributed by atoms with Crippen molar-refractivity contribution in [3.63, 3.8) is 0 Å². The monoisotopic (exact) mass is 248 g/mol. The fourth-order valence-corrected chi connectivity index (χ4v) is 2.72. The molecule has 0 bridgehead atoms. The standard InChI is InChI=1S/C14H24N4/c1-14(2,3)11-4-8-18(9-5-11)13-12(10-15)16-6-7-17-13/h6-7,11H,4-5,8-10,15H2,1-3H3. The highest BCUT2D eigenvalue weighted by Crippen LogP contribution is 2.35. The van der Waals surface area contributed by atoms with Crippen LogP contribution in [0.5, 0.6) is 0 Å². The molecule has 100 valence electrons. The molecule has 1 aromatic heterocycles. The van der Waals surface area contributed by atoms with E-state index in [2.05, 4.69) is 35.6 Å². The quantitative estimate of drug-likeness (QED) is 0.871. The lowest BCUT2D eigenvalue weighted by atomic mass is 9.75. The Balaban J connectivity index is 2.06. The predicted molar refractivity (Wildman–Crippen MR) is 74.3 cm³/mol. The predicted octanol–water partition coefficient (Wildman–Crippen LogP) is 2.20. The van der Waals surface area contributed by atoms with Crippen molar-refractivity contribution >= 4 is 5.82 Å². The second-order valence-electron chi connectivity index (χ2n) is 6.16. The van der Waals surface area contributed by atoms with E-state index in [0.717, 1.165) is 30.5 Å². The summed E-state index contributed by atoms with van der Waals surface area (Å²) in [6, 6.07) is 0. The normalized spacial score (nSPS) is 18.1. The second kappa shape index (κ2) is 5.22. The third kappa shape index (κ3) is 2.80. The first-order valence-corrected chi connectivity index (χ1v) is 6.77. The number of aromatic nitrogens is 2. The molecule has 0 atom stereocenters. The number of piperidine rings is 1. The maximum absolute atomic E-state index is 5.72. The Morgan fingerprint density at radius 3 is 2.39 bits per heavy atom. The fourth-order valence-electron chi connectivity index (χ4n) is 2.72. The lowest BCUT2D eigenvalue weighted by Crippen LogP contribution is -2.39. The molecule has 4 heteroatoms. The van der Waals surface area contributed by atoms with Crippen LogP contribution in [0, 0.1) is 11.3 Å². The molecule has 1 aliphatic rings. The van der Waals surface area contributed by atoms with Crippen LogP contribution in [-0.2, 0) is 6.54 Å². The summed E-state index contributed by atoms with van der Waals surface area (Å²) in [5.74, 6) is 1.78. The van der Waals surface area contributed by atoms with Crippen molar-refractivity contribution in [2.75, 3.05) is 18.0 Å². The third-order valence-corrected chi connectivity index (χ3v) is 3.96. The highest BCUT2D eigenvalue weighted by atomic mass is 15.2. The maximum atomic E-state index is 5.72. The van der Waals surface area contributed by atoms with Gasteiger partial charge in [-0.2, -0.15) is 0 Å². The molecule has 1 saturated heterocycles. The first-order valence-electron chi connectivity index (χ1n) is 6.77. The highest BCUT2D eigenvalue weighted by molar-refractivity contribution is 5.43. The average molecular weight is 248 g/mol. The van der Waals surface area contributed by atoms with Gasteiger partial charge in [-0.05, 0) is 24.2 Å². The van der Waals surface area contributed by atoms with Gasteiger partial charge in [-0.3, -0.25) is 4.98 Å². The topological polar surface area (TPSA) is 55.0 Å². The summed E-state index contributed by atoms with van der Waals surface area (Å²) in [6.07, 6.45) is 5.92. The molecule has 0 radical (unpaired) electrons. The Labute approximate surface area is 110 Å². The molecule has 1 aliphatic heterocycles. The molecular weight excluding hydrogens is 224 g/mol. The third-order valence-electron chi connectivity index (χ3n) is 3.96. The molecule has 2 N–H and O–H groups in total. The zero-order chi connectivity index (χ0) is 13.2. The zero-order valence-electron chi connectivity index (χ0n) is 11.7. The van der Waals surface area contributed by atoms with Crippen LogP contribution in [0.4, 0.5) is 5.82 Å². The second-order valence-corrected chi connectivity index (χ2v) is 6.16.